The Morgan fingerprint density at radius 3 is 3.10 bits per heavy atom. The fourth-order valence-electron chi connectivity index (χ4n) is 3.16. The minimum Gasteiger partial charge on any atom is -0.393 e. The van der Waals surface area contributed by atoms with E-state index in [4.69, 9.17) is 0 Å². The number of hydrogen-bond acceptors (Lipinski definition) is 4. The summed E-state index contributed by atoms with van der Waals surface area (Å²) in [5, 5.41) is 15.6. The number of hydrogen-bond donors (Lipinski definition) is 2. The van der Waals surface area contributed by atoms with Gasteiger partial charge in [-0.2, -0.15) is 0 Å². The van der Waals surface area contributed by atoms with Gasteiger partial charge in [-0.3, -0.25) is 0 Å². The third-order valence-corrected chi connectivity index (χ3v) is 5.25. The van der Waals surface area contributed by atoms with E-state index in [1.165, 1.54) is 11.3 Å². The van der Waals surface area contributed by atoms with Crippen molar-refractivity contribution < 1.29 is 5.11 Å². The molecule has 0 amide bonds. The second-order valence-electron chi connectivity index (χ2n) is 5.94. The normalized spacial score (nSPS) is 24.1. The van der Waals surface area contributed by atoms with Crippen molar-refractivity contribution in [3.8, 4) is 0 Å². The number of imidazole rings is 1. The molecule has 114 valence electrons. The minimum absolute atomic E-state index is 0.112. The lowest BCUT2D eigenvalue weighted by Gasteiger charge is -2.28. The molecule has 2 N–H and O–H groups in total. The topological polar surface area (TPSA) is 50.1 Å². The quantitative estimate of drug-likeness (QED) is 0.893. The first-order chi connectivity index (χ1) is 10.2. The van der Waals surface area contributed by atoms with Crippen molar-refractivity contribution in [2.75, 3.05) is 6.54 Å². The van der Waals surface area contributed by atoms with Crippen LogP contribution in [0.4, 0.5) is 0 Å². The molecular formula is C16H23N3OS. The molecule has 0 bridgehead atoms. The molecule has 3 rings (SSSR count). The lowest BCUT2D eigenvalue weighted by atomic mass is 9.87. The number of rotatable bonds is 5. The largest absolute Gasteiger partial charge is 0.393 e. The number of nitrogens with one attached hydrogen (secondary N) is 1. The molecule has 1 aliphatic carbocycles. The van der Waals surface area contributed by atoms with E-state index >= 15 is 0 Å². The Bertz CT molecular complexity index is 552. The molecule has 0 radical (unpaired) electrons. The Kier molecular flexibility index (Phi) is 4.73. The highest BCUT2D eigenvalue weighted by atomic mass is 32.1. The van der Waals surface area contributed by atoms with E-state index in [0.717, 1.165) is 31.6 Å². The Labute approximate surface area is 129 Å². The maximum atomic E-state index is 9.81. The number of aliphatic hydroxyl groups excluding tert-OH is 1. The molecule has 21 heavy (non-hydrogen) atoms. The molecule has 3 unspecified atom stereocenters. The lowest BCUT2D eigenvalue weighted by molar-refractivity contribution is 0.0999. The molecule has 0 spiro atoms. The number of aliphatic hydroxyl groups is 1. The molecule has 2 aromatic heterocycles. The van der Waals surface area contributed by atoms with Gasteiger partial charge in [0.25, 0.3) is 0 Å². The number of aromatic nitrogens is 2. The predicted molar refractivity (Wildman–Crippen MR) is 85.3 cm³/mol. The van der Waals surface area contributed by atoms with Gasteiger partial charge in [-0.15, -0.1) is 11.3 Å². The van der Waals surface area contributed by atoms with Crippen LogP contribution in [-0.2, 0) is 7.05 Å². The van der Waals surface area contributed by atoms with Gasteiger partial charge < -0.3 is 15.0 Å². The van der Waals surface area contributed by atoms with E-state index in [1.807, 2.05) is 19.4 Å². The molecule has 1 fully saturated rings. The van der Waals surface area contributed by atoms with Gasteiger partial charge in [-0.25, -0.2) is 4.98 Å². The molecule has 2 aromatic rings. The fourth-order valence-corrected chi connectivity index (χ4v) is 3.96. The van der Waals surface area contributed by atoms with Crippen molar-refractivity contribution >= 4 is 11.3 Å². The van der Waals surface area contributed by atoms with Crippen molar-refractivity contribution in [3.63, 3.8) is 0 Å². The van der Waals surface area contributed by atoms with Crippen molar-refractivity contribution in [2.24, 2.45) is 13.0 Å². The fraction of sp³-hybridized carbons (Fsp3) is 0.562. The minimum atomic E-state index is -0.112. The van der Waals surface area contributed by atoms with Crippen molar-refractivity contribution in [3.05, 3.63) is 40.6 Å². The van der Waals surface area contributed by atoms with E-state index < -0.39 is 0 Å². The van der Waals surface area contributed by atoms with Crippen LogP contribution in [0, 0.1) is 5.92 Å². The van der Waals surface area contributed by atoms with Crippen LogP contribution in [0.2, 0.25) is 0 Å². The smallest absolute Gasteiger partial charge is 0.131 e. The highest BCUT2D eigenvalue weighted by molar-refractivity contribution is 7.10. The summed E-state index contributed by atoms with van der Waals surface area (Å²) in [6, 6.07) is 4.39. The zero-order valence-electron chi connectivity index (χ0n) is 12.4. The number of thiophene rings is 1. The summed E-state index contributed by atoms with van der Waals surface area (Å²) in [4.78, 5) is 5.80. The van der Waals surface area contributed by atoms with Crippen LogP contribution in [0.3, 0.4) is 0 Å². The summed E-state index contributed by atoms with van der Waals surface area (Å²) in [7, 11) is 2.04. The van der Waals surface area contributed by atoms with Gasteiger partial charge in [0.05, 0.1) is 6.10 Å². The van der Waals surface area contributed by atoms with E-state index in [-0.39, 0.29) is 12.1 Å². The monoisotopic (exact) mass is 305 g/mol. The first-order valence-corrected chi connectivity index (χ1v) is 8.54. The molecule has 2 heterocycles. The van der Waals surface area contributed by atoms with E-state index in [1.54, 1.807) is 11.3 Å². The van der Waals surface area contributed by atoms with Gasteiger partial charge in [0.1, 0.15) is 11.9 Å². The van der Waals surface area contributed by atoms with Crippen LogP contribution in [0.5, 0.6) is 0 Å². The summed E-state index contributed by atoms with van der Waals surface area (Å²) >= 11 is 1.76. The second-order valence-corrected chi connectivity index (χ2v) is 6.92. The molecule has 3 atom stereocenters. The summed E-state index contributed by atoms with van der Waals surface area (Å²) in [5.74, 6) is 1.62. The van der Waals surface area contributed by atoms with Crippen LogP contribution in [0.1, 0.15) is 42.4 Å². The summed E-state index contributed by atoms with van der Waals surface area (Å²) in [5.41, 5.74) is 0. The second kappa shape index (κ2) is 6.73. The maximum Gasteiger partial charge on any atom is 0.131 e. The third-order valence-electron chi connectivity index (χ3n) is 4.31. The molecule has 0 saturated heterocycles. The standard InChI is InChI=1S/C16H23N3OS/c1-19-8-7-17-16(19)15(14-6-3-9-21-14)18-11-12-4-2-5-13(20)10-12/h3,6-9,12-13,15,18,20H,2,4-5,10-11H2,1H3. The van der Waals surface area contributed by atoms with Gasteiger partial charge in [-0.05, 0) is 43.2 Å². The Morgan fingerprint density at radius 1 is 1.52 bits per heavy atom. The first kappa shape index (κ1) is 14.8. The molecule has 0 aromatic carbocycles. The van der Waals surface area contributed by atoms with Crippen LogP contribution < -0.4 is 5.32 Å². The van der Waals surface area contributed by atoms with Crippen molar-refractivity contribution in [1.82, 2.24) is 14.9 Å². The number of aryl methyl sites for hydroxylation is 1. The SMILES string of the molecule is Cn1ccnc1C(NCC1CCCC(O)C1)c1cccs1. The van der Waals surface area contributed by atoms with Crippen molar-refractivity contribution in [2.45, 2.75) is 37.8 Å². The molecule has 5 heteroatoms. The Hall–Kier alpha value is -1.17. The van der Waals surface area contributed by atoms with Gasteiger partial charge in [0, 0.05) is 24.3 Å². The molecule has 1 aliphatic rings. The zero-order chi connectivity index (χ0) is 14.7. The highest BCUT2D eigenvalue weighted by Gasteiger charge is 2.23. The molecule has 4 nitrogen and oxygen atoms in total. The Morgan fingerprint density at radius 2 is 2.43 bits per heavy atom. The van der Waals surface area contributed by atoms with Crippen molar-refractivity contribution in [1.29, 1.82) is 0 Å². The van der Waals surface area contributed by atoms with E-state index in [0.29, 0.717) is 5.92 Å². The lowest BCUT2D eigenvalue weighted by Crippen LogP contribution is -2.32. The Balaban J connectivity index is 1.70. The highest BCUT2D eigenvalue weighted by Crippen LogP contribution is 2.27. The van der Waals surface area contributed by atoms with Crippen LogP contribution in [0.25, 0.3) is 0 Å². The third kappa shape index (κ3) is 3.54. The predicted octanol–water partition coefficient (Wildman–Crippen LogP) is 2.71. The maximum absolute atomic E-state index is 9.81. The average Bonchev–Trinajstić information content (AvgIpc) is 3.12. The zero-order valence-corrected chi connectivity index (χ0v) is 13.2. The number of nitrogens with zero attached hydrogens (tertiary/aromatic N) is 2. The molecular weight excluding hydrogens is 282 g/mol. The van der Waals surface area contributed by atoms with Gasteiger partial charge >= 0.3 is 0 Å². The van der Waals surface area contributed by atoms with Gasteiger partial charge in [0.2, 0.25) is 0 Å². The summed E-state index contributed by atoms with van der Waals surface area (Å²) < 4.78 is 2.08. The van der Waals surface area contributed by atoms with E-state index in [2.05, 4.69) is 32.4 Å². The van der Waals surface area contributed by atoms with Crippen LogP contribution in [-0.4, -0.2) is 27.3 Å². The van der Waals surface area contributed by atoms with Crippen LogP contribution >= 0.6 is 11.3 Å². The van der Waals surface area contributed by atoms with Gasteiger partial charge in [-0.1, -0.05) is 12.5 Å². The first-order valence-electron chi connectivity index (χ1n) is 7.66. The van der Waals surface area contributed by atoms with E-state index in [9.17, 15) is 5.11 Å². The summed E-state index contributed by atoms with van der Waals surface area (Å²) in [6.45, 7) is 0.937. The average molecular weight is 305 g/mol. The van der Waals surface area contributed by atoms with Crippen LogP contribution in [0.15, 0.2) is 29.9 Å². The molecule has 0 aliphatic heterocycles. The summed E-state index contributed by atoms with van der Waals surface area (Å²) in [6.07, 6.45) is 7.96. The van der Waals surface area contributed by atoms with Gasteiger partial charge in [0.15, 0.2) is 0 Å². The molecule has 1 saturated carbocycles.